The summed E-state index contributed by atoms with van der Waals surface area (Å²) < 4.78 is 0. The standard InChI is InChI=1S/3C9H12.2C2H6/c1-3-9-6-4-5-8(2)7-9;2*1-3-9-7-5-4-6-8(9)2;2*1-2/h3*4-7H,3H2,1-2H3;2*1-2H3. The van der Waals surface area contributed by atoms with Crippen LogP contribution < -0.4 is 0 Å². The highest BCUT2D eigenvalue weighted by Crippen LogP contribution is 2.07. The number of hydrogen-bond acceptors (Lipinski definition) is 0. The largest absolute Gasteiger partial charge is 0.0683 e. The molecule has 0 heterocycles. The normalized spacial score (nSPS) is 8.71. The molecule has 0 aliphatic carbocycles. The molecule has 0 radical (unpaired) electrons. The van der Waals surface area contributed by atoms with E-state index in [1.807, 2.05) is 27.7 Å². The van der Waals surface area contributed by atoms with E-state index in [-0.39, 0.29) is 0 Å². The maximum atomic E-state index is 2.22. The predicted molar refractivity (Wildman–Crippen MR) is 144 cm³/mol. The van der Waals surface area contributed by atoms with Gasteiger partial charge in [0.05, 0.1) is 0 Å². The predicted octanol–water partition coefficient (Wildman–Crippen LogP) is 9.72. The third-order valence-corrected chi connectivity index (χ3v) is 4.78. The van der Waals surface area contributed by atoms with E-state index in [1.54, 1.807) is 0 Å². The van der Waals surface area contributed by atoms with Gasteiger partial charge in [-0.25, -0.2) is 0 Å². The Kier molecular flexibility index (Phi) is 20.8. The number of aryl methyl sites for hydroxylation is 6. The second kappa shape index (κ2) is 20.9. The molecular weight excluding hydrogens is 372 g/mol. The monoisotopic (exact) mass is 420 g/mol. The van der Waals surface area contributed by atoms with Crippen LogP contribution in [0.15, 0.2) is 72.8 Å². The van der Waals surface area contributed by atoms with Crippen LogP contribution in [0.3, 0.4) is 0 Å². The van der Waals surface area contributed by atoms with Crippen molar-refractivity contribution in [1.82, 2.24) is 0 Å². The molecule has 0 N–H and O–H groups in total. The molecule has 0 amide bonds. The minimum absolute atomic E-state index is 1.14. The van der Waals surface area contributed by atoms with Crippen molar-refractivity contribution in [3.8, 4) is 0 Å². The van der Waals surface area contributed by atoms with Crippen LogP contribution in [0.25, 0.3) is 0 Å². The molecule has 172 valence electrons. The Labute approximate surface area is 194 Å². The molecule has 0 aromatic heterocycles. The maximum absolute atomic E-state index is 2.22. The lowest BCUT2D eigenvalue weighted by molar-refractivity contribution is 1.11. The molecule has 0 atom stereocenters. The van der Waals surface area contributed by atoms with Gasteiger partial charge in [-0.05, 0) is 67.9 Å². The molecule has 0 bridgehead atoms. The van der Waals surface area contributed by atoms with Crippen LogP contribution in [-0.4, -0.2) is 0 Å². The molecule has 31 heavy (non-hydrogen) atoms. The molecule has 3 aromatic rings. The summed E-state index contributed by atoms with van der Waals surface area (Å²) in [6, 6.07) is 25.6. The van der Waals surface area contributed by atoms with Gasteiger partial charge >= 0.3 is 0 Å². The molecule has 0 unspecified atom stereocenters. The van der Waals surface area contributed by atoms with Gasteiger partial charge in [0.15, 0.2) is 0 Å². The van der Waals surface area contributed by atoms with E-state index in [2.05, 4.69) is 114 Å². The Morgan fingerprint density at radius 1 is 0.484 bits per heavy atom. The first-order chi connectivity index (χ1) is 15.0. The fourth-order valence-electron chi connectivity index (χ4n) is 2.95. The van der Waals surface area contributed by atoms with Crippen molar-refractivity contribution >= 4 is 0 Å². The van der Waals surface area contributed by atoms with Crippen LogP contribution in [0.1, 0.15) is 81.8 Å². The van der Waals surface area contributed by atoms with E-state index in [0.717, 1.165) is 19.3 Å². The van der Waals surface area contributed by atoms with Gasteiger partial charge in [-0.15, -0.1) is 0 Å². The molecule has 3 aromatic carbocycles. The van der Waals surface area contributed by atoms with Crippen molar-refractivity contribution < 1.29 is 0 Å². The number of hydrogen-bond donors (Lipinski definition) is 0. The molecular formula is C31H48. The van der Waals surface area contributed by atoms with Gasteiger partial charge in [-0.2, -0.15) is 0 Å². The molecule has 0 saturated carbocycles. The van der Waals surface area contributed by atoms with Crippen LogP contribution in [0.5, 0.6) is 0 Å². The summed E-state index contributed by atoms with van der Waals surface area (Å²) in [5.41, 5.74) is 8.50. The maximum Gasteiger partial charge on any atom is -0.0305 e. The van der Waals surface area contributed by atoms with Crippen molar-refractivity contribution in [2.45, 2.75) is 88.5 Å². The number of benzene rings is 3. The lowest BCUT2D eigenvalue weighted by Gasteiger charge is -1.98. The Bertz CT molecular complexity index is 738. The Balaban J connectivity index is 0. The van der Waals surface area contributed by atoms with Gasteiger partial charge in [-0.3, -0.25) is 0 Å². The highest BCUT2D eigenvalue weighted by atomic mass is 14.0. The second-order valence-electron chi connectivity index (χ2n) is 6.90. The fraction of sp³-hybridized carbons (Fsp3) is 0.419. The van der Waals surface area contributed by atoms with Crippen LogP contribution >= 0.6 is 0 Å². The fourth-order valence-corrected chi connectivity index (χ4v) is 2.95. The Morgan fingerprint density at radius 3 is 1.16 bits per heavy atom. The summed E-state index contributed by atoms with van der Waals surface area (Å²) >= 11 is 0. The zero-order valence-electron chi connectivity index (χ0n) is 22.0. The van der Waals surface area contributed by atoms with E-state index in [1.165, 1.54) is 33.4 Å². The van der Waals surface area contributed by atoms with Crippen molar-refractivity contribution in [2.24, 2.45) is 0 Å². The third kappa shape index (κ3) is 14.3. The minimum Gasteiger partial charge on any atom is -0.0683 e. The lowest BCUT2D eigenvalue weighted by atomic mass is 10.1. The average Bonchev–Trinajstić information content (AvgIpc) is 2.83. The molecule has 0 fully saturated rings. The Morgan fingerprint density at radius 2 is 0.903 bits per heavy atom. The van der Waals surface area contributed by atoms with Gasteiger partial charge in [0.2, 0.25) is 0 Å². The van der Waals surface area contributed by atoms with Gasteiger partial charge < -0.3 is 0 Å². The first-order valence-electron chi connectivity index (χ1n) is 12.2. The highest BCUT2D eigenvalue weighted by Gasteiger charge is 1.90. The SMILES string of the molecule is CC.CC.CCc1cccc(C)c1.CCc1ccccc1C.CCc1ccccc1C. The first-order valence-corrected chi connectivity index (χ1v) is 12.2. The summed E-state index contributed by atoms with van der Waals surface area (Å²) in [6.45, 7) is 21.0. The third-order valence-electron chi connectivity index (χ3n) is 4.78. The molecule has 0 heteroatoms. The summed E-state index contributed by atoms with van der Waals surface area (Å²) in [6.07, 6.45) is 3.43. The molecule has 0 aliphatic heterocycles. The van der Waals surface area contributed by atoms with Crippen molar-refractivity contribution in [3.05, 3.63) is 106 Å². The van der Waals surface area contributed by atoms with Crippen LogP contribution in [-0.2, 0) is 19.3 Å². The van der Waals surface area contributed by atoms with Gasteiger partial charge in [-0.1, -0.05) is 127 Å². The smallest absolute Gasteiger partial charge is 0.0305 e. The average molecular weight is 421 g/mol. The summed E-state index contributed by atoms with van der Waals surface area (Å²) in [5, 5.41) is 0. The van der Waals surface area contributed by atoms with Crippen molar-refractivity contribution in [3.63, 3.8) is 0 Å². The zero-order chi connectivity index (χ0) is 24.1. The topological polar surface area (TPSA) is 0 Å². The summed E-state index contributed by atoms with van der Waals surface area (Å²) in [7, 11) is 0. The lowest BCUT2D eigenvalue weighted by Crippen LogP contribution is -1.82. The van der Waals surface area contributed by atoms with Gasteiger partial charge in [0.1, 0.15) is 0 Å². The van der Waals surface area contributed by atoms with E-state index in [4.69, 9.17) is 0 Å². The first kappa shape index (κ1) is 30.9. The molecule has 0 saturated heterocycles. The van der Waals surface area contributed by atoms with Gasteiger partial charge in [0.25, 0.3) is 0 Å². The summed E-state index contributed by atoms with van der Waals surface area (Å²) in [4.78, 5) is 0. The number of rotatable bonds is 3. The van der Waals surface area contributed by atoms with E-state index in [0.29, 0.717) is 0 Å². The second-order valence-corrected chi connectivity index (χ2v) is 6.90. The van der Waals surface area contributed by atoms with Crippen molar-refractivity contribution in [2.75, 3.05) is 0 Å². The molecule has 0 nitrogen and oxygen atoms in total. The quantitative estimate of drug-likeness (QED) is 0.395. The van der Waals surface area contributed by atoms with Crippen molar-refractivity contribution in [1.29, 1.82) is 0 Å². The molecule has 0 spiro atoms. The van der Waals surface area contributed by atoms with E-state index in [9.17, 15) is 0 Å². The molecule has 0 aliphatic rings. The zero-order valence-corrected chi connectivity index (χ0v) is 22.0. The van der Waals surface area contributed by atoms with Crippen LogP contribution in [0, 0.1) is 20.8 Å². The summed E-state index contributed by atoms with van der Waals surface area (Å²) in [5.74, 6) is 0. The molecule has 3 rings (SSSR count). The van der Waals surface area contributed by atoms with Crippen LogP contribution in [0.4, 0.5) is 0 Å². The Hall–Kier alpha value is -2.34. The van der Waals surface area contributed by atoms with Gasteiger partial charge in [0, 0.05) is 0 Å². The van der Waals surface area contributed by atoms with E-state index < -0.39 is 0 Å². The highest BCUT2D eigenvalue weighted by molar-refractivity contribution is 5.25. The minimum atomic E-state index is 1.14. The van der Waals surface area contributed by atoms with Crippen LogP contribution in [0.2, 0.25) is 0 Å². The van der Waals surface area contributed by atoms with E-state index >= 15 is 0 Å².